The van der Waals surface area contributed by atoms with Crippen molar-refractivity contribution in [2.75, 3.05) is 25.0 Å². The fourth-order valence-electron chi connectivity index (χ4n) is 3.72. The monoisotopic (exact) mass is 345 g/mol. The van der Waals surface area contributed by atoms with Crippen LogP contribution in [0.3, 0.4) is 0 Å². The summed E-state index contributed by atoms with van der Waals surface area (Å²) in [7, 11) is 0. The van der Waals surface area contributed by atoms with Crippen molar-refractivity contribution in [2.24, 2.45) is 0 Å². The van der Waals surface area contributed by atoms with Crippen molar-refractivity contribution in [3.05, 3.63) is 34.5 Å². The Bertz CT molecular complexity index is 679. The van der Waals surface area contributed by atoms with E-state index in [-0.39, 0.29) is 5.60 Å². The molecule has 4 rings (SSSR count). The van der Waals surface area contributed by atoms with Gasteiger partial charge in [0.2, 0.25) is 5.95 Å². The third kappa shape index (κ3) is 3.58. The Labute approximate surface area is 146 Å². The number of likely N-dealkylation sites (tertiary alicyclic amines) is 1. The first kappa shape index (κ1) is 15.9. The lowest BCUT2D eigenvalue weighted by molar-refractivity contribution is -0.0737. The maximum Gasteiger partial charge on any atom is 0.222 e. The number of hydrogen-bond acceptors (Lipinski definition) is 7. The Morgan fingerprint density at radius 2 is 2.29 bits per heavy atom. The van der Waals surface area contributed by atoms with Gasteiger partial charge in [0.1, 0.15) is 5.01 Å². The van der Waals surface area contributed by atoms with Gasteiger partial charge in [-0.25, -0.2) is 15.0 Å². The van der Waals surface area contributed by atoms with Crippen molar-refractivity contribution < 1.29 is 4.74 Å². The van der Waals surface area contributed by atoms with Crippen LogP contribution in [-0.2, 0) is 11.3 Å². The highest BCUT2D eigenvalue weighted by Gasteiger charge is 2.43. The summed E-state index contributed by atoms with van der Waals surface area (Å²) >= 11 is 1.75. The van der Waals surface area contributed by atoms with Crippen LogP contribution in [0.25, 0.3) is 0 Å². The lowest BCUT2D eigenvalue weighted by atomic mass is 9.89. The molecule has 128 valence electrons. The first-order valence-corrected chi connectivity index (χ1v) is 9.40. The second kappa shape index (κ2) is 6.74. The van der Waals surface area contributed by atoms with Gasteiger partial charge in [0.05, 0.1) is 12.1 Å². The second-order valence-electron chi connectivity index (χ2n) is 6.78. The van der Waals surface area contributed by atoms with Crippen LogP contribution in [0.4, 0.5) is 5.95 Å². The average Bonchev–Trinajstić information content (AvgIpc) is 3.15. The van der Waals surface area contributed by atoms with Gasteiger partial charge in [-0.2, -0.15) is 0 Å². The van der Waals surface area contributed by atoms with Gasteiger partial charge in [0, 0.05) is 49.2 Å². The van der Waals surface area contributed by atoms with E-state index in [1.807, 2.05) is 6.07 Å². The molecular formula is C17H23N5OS. The van der Waals surface area contributed by atoms with Crippen molar-refractivity contribution in [1.29, 1.82) is 0 Å². The van der Waals surface area contributed by atoms with E-state index in [0.717, 1.165) is 51.2 Å². The molecule has 24 heavy (non-hydrogen) atoms. The van der Waals surface area contributed by atoms with E-state index in [4.69, 9.17) is 4.74 Å². The summed E-state index contributed by atoms with van der Waals surface area (Å²) in [5.74, 6) is 0.715. The second-order valence-corrected chi connectivity index (χ2v) is 7.72. The highest BCUT2D eigenvalue weighted by atomic mass is 32.1. The molecule has 0 radical (unpaired) electrons. The Balaban J connectivity index is 1.36. The van der Waals surface area contributed by atoms with Gasteiger partial charge in [-0.15, -0.1) is 11.3 Å². The van der Waals surface area contributed by atoms with E-state index < -0.39 is 0 Å². The summed E-state index contributed by atoms with van der Waals surface area (Å²) < 4.78 is 6.23. The molecule has 4 heterocycles. The van der Waals surface area contributed by atoms with Crippen molar-refractivity contribution in [3.8, 4) is 0 Å². The molecule has 7 heteroatoms. The van der Waals surface area contributed by atoms with Crippen LogP contribution in [0.2, 0.25) is 0 Å². The average molecular weight is 345 g/mol. The Hall–Kier alpha value is -1.57. The lowest BCUT2D eigenvalue weighted by Crippen LogP contribution is -2.46. The molecule has 1 N–H and O–H groups in total. The summed E-state index contributed by atoms with van der Waals surface area (Å²) in [4.78, 5) is 15.6. The molecule has 0 saturated carbocycles. The molecule has 0 aromatic carbocycles. The molecule has 2 aliphatic rings. The molecule has 0 amide bonds. The van der Waals surface area contributed by atoms with Gasteiger partial charge in [0.25, 0.3) is 0 Å². The van der Waals surface area contributed by atoms with Crippen LogP contribution in [0.1, 0.15) is 30.0 Å². The highest BCUT2D eigenvalue weighted by molar-refractivity contribution is 7.09. The van der Waals surface area contributed by atoms with Crippen molar-refractivity contribution in [3.63, 3.8) is 0 Å². The minimum absolute atomic E-state index is 0.0308. The molecule has 6 nitrogen and oxygen atoms in total. The van der Waals surface area contributed by atoms with E-state index >= 15 is 0 Å². The predicted octanol–water partition coefficient (Wildman–Crippen LogP) is 2.48. The number of anilines is 1. The molecule has 1 spiro atoms. The number of nitrogens with zero attached hydrogens (tertiary/aromatic N) is 4. The number of nitrogens with one attached hydrogen (secondary N) is 1. The van der Waals surface area contributed by atoms with Crippen LogP contribution >= 0.6 is 11.3 Å². The maximum atomic E-state index is 6.23. The van der Waals surface area contributed by atoms with Gasteiger partial charge in [-0.3, -0.25) is 4.90 Å². The SMILES string of the molecule is Cc1csc(CN2CC[C@]3(C[C@@H](Nc4ncccn4)CCO3)C2)n1. The van der Waals surface area contributed by atoms with Gasteiger partial charge in [-0.1, -0.05) is 0 Å². The van der Waals surface area contributed by atoms with Gasteiger partial charge in [0.15, 0.2) is 0 Å². The molecule has 2 aliphatic heterocycles. The maximum absolute atomic E-state index is 6.23. The normalized spacial score (nSPS) is 27.6. The summed E-state index contributed by atoms with van der Waals surface area (Å²) in [6.45, 7) is 5.85. The number of ether oxygens (including phenoxy) is 1. The van der Waals surface area contributed by atoms with Crippen LogP contribution in [0.5, 0.6) is 0 Å². The molecule has 2 saturated heterocycles. The number of rotatable bonds is 4. The van der Waals surface area contributed by atoms with Gasteiger partial charge in [-0.05, 0) is 32.3 Å². The first-order valence-electron chi connectivity index (χ1n) is 8.52. The number of aryl methyl sites for hydroxylation is 1. The van der Waals surface area contributed by atoms with Crippen LogP contribution in [-0.4, -0.2) is 51.2 Å². The van der Waals surface area contributed by atoms with E-state index in [2.05, 4.69) is 37.5 Å². The predicted molar refractivity (Wildman–Crippen MR) is 94.1 cm³/mol. The smallest absolute Gasteiger partial charge is 0.222 e. The molecule has 0 aliphatic carbocycles. The summed E-state index contributed by atoms with van der Waals surface area (Å²) in [5, 5.41) is 6.79. The third-order valence-electron chi connectivity index (χ3n) is 4.81. The van der Waals surface area contributed by atoms with Crippen molar-refractivity contribution in [1.82, 2.24) is 19.9 Å². The molecule has 2 fully saturated rings. The Kier molecular flexibility index (Phi) is 4.47. The van der Waals surface area contributed by atoms with Crippen LogP contribution in [0, 0.1) is 6.92 Å². The Morgan fingerprint density at radius 1 is 1.42 bits per heavy atom. The third-order valence-corrected chi connectivity index (χ3v) is 5.76. The molecule has 2 atom stereocenters. The minimum Gasteiger partial charge on any atom is -0.373 e. The fourth-order valence-corrected chi connectivity index (χ4v) is 4.53. The summed E-state index contributed by atoms with van der Waals surface area (Å²) in [5.41, 5.74) is 1.08. The number of hydrogen-bond donors (Lipinski definition) is 1. The van der Waals surface area contributed by atoms with Gasteiger partial charge < -0.3 is 10.1 Å². The molecule has 0 bridgehead atoms. The topological polar surface area (TPSA) is 63.2 Å². The van der Waals surface area contributed by atoms with Gasteiger partial charge >= 0.3 is 0 Å². The fraction of sp³-hybridized carbons (Fsp3) is 0.588. The molecular weight excluding hydrogens is 322 g/mol. The molecule has 2 aromatic rings. The Morgan fingerprint density at radius 3 is 3.08 bits per heavy atom. The van der Waals surface area contributed by atoms with E-state index in [1.54, 1.807) is 23.7 Å². The quantitative estimate of drug-likeness (QED) is 0.918. The molecule has 2 aromatic heterocycles. The zero-order valence-electron chi connectivity index (χ0n) is 13.9. The number of thiazole rings is 1. The van der Waals surface area contributed by atoms with Crippen LogP contribution in [0.15, 0.2) is 23.8 Å². The largest absolute Gasteiger partial charge is 0.373 e. The van der Waals surface area contributed by atoms with E-state index in [0.29, 0.717) is 12.0 Å². The molecule has 0 unspecified atom stereocenters. The van der Waals surface area contributed by atoms with Crippen molar-refractivity contribution in [2.45, 2.75) is 44.4 Å². The van der Waals surface area contributed by atoms with E-state index in [9.17, 15) is 0 Å². The lowest BCUT2D eigenvalue weighted by Gasteiger charge is -2.38. The summed E-state index contributed by atoms with van der Waals surface area (Å²) in [6, 6.07) is 2.22. The first-order chi connectivity index (χ1) is 11.7. The standard InChI is InChI=1S/C17H23N5OS/c1-13-11-24-15(20-13)10-22-7-4-17(12-22)9-14(3-8-23-17)21-16-18-5-2-6-19-16/h2,5-6,11,14H,3-4,7-10,12H2,1H3,(H,18,19,21)/t14-,17-/m0/s1. The van der Waals surface area contributed by atoms with Crippen LogP contribution < -0.4 is 5.32 Å². The zero-order chi connectivity index (χ0) is 16.4. The minimum atomic E-state index is -0.0308. The summed E-state index contributed by atoms with van der Waals surface area (Å²) in [6.07, 6.45) is 6.66. The number of aromatic nitrogens is 3. The highest BCUT2D eigenvalue weighted by Crippen LogP contribution is 2.35. The zero-order valence-corrected chi connectivity index (χ0v) is 14.8. The van der Waals surface area contributed by atoms with E-state index in [1.165, 1.54) is 5.01 Å². The van der Waals surface area contributed by atoms with Crippen molar-refractivity contribution >= 4 is 17.3 Å².